The lowest BCUT2D eigenvalue weighted by Crippen LogP contribution is -2.20. The van der Waals surface area contributed by atoms with Crippen LogP contribution in [0.5, 0.6) is 0 Å². The molecule has 1 aliphatic carbocycles. The van der Waals surface area contributed by atoms with Crippen molar-refractivity contribution in [2.24, 2.45) is 0 Å². The lowest BCUT2D eigenvalue weighted by Gasteiger charge is -2.10. The molecule has 4 heteroatoms. The van der Waals surface area contributed by atoms with Crippen LogP contribution >= 0.6 is 0 Å². The lowest BCUT2D eigenvalue weighted by molar-refractivity contribution is -0.161. The standard InChI is InChI=1S/C9H14O4/c1-7(10)12-6-9(11)13-8-4-2-3-5-8/h8H,2-6H2,1H3. The lowest BCUT2D eigenvalue weighted by atomic mass is 10.3. The van der Waals surface area contributed by atoms with Gasteiger partial charge in [0.25, 0.3) is 0 Å². The Bertz CT molecular complexity index is 194. The number of ether oxygens (including phenoxy) is 2. The van der Waals surface area contributed by atoms with E-state index < -0.39 is 11.9 Å². The molecule has 0 unspecified atom stereocenters. The van der Waals surface area contributed by atoms with E-state index in [0.717, 1.165) is 25.7 Å². The number of carbonyl (C=O) groups excluding carboxylic acids is 2. The molecule has 0 atom stereocenters. The molecule has 0 aromatic heterocycles. The Hall–Kier alpha value is -1.06. The monoisotopic (exact) mass is 186 g/mol. The van der Waals surface area contributed by atoms with E-state index >= 15 is 0 Å². The molecule has 4 nitrogen and oxygen atoms in total. The van der Waals surface area contributed by atoms with E-state index in [1.54, 1.807) is 0 Å². The summed E-state index contributed by atoms with van der Waals surface area (Å²) in [7, 11) is 0. The van der Waals surface area contributed by atoms with Gasteiger partial charge in [0.1, 0.15) is 6.10 Å². The summed E-state index contributed by atoms with van der Waals surface area (Å²) in [5, 5.41) is 0. The van der Waals surface area contributed by atoms with Crippen molar-refractivity contribution in [3.8, 4) is 0 Å². The molecule has 1 rings (SSSR count). The Balaban J connectivity index is 2.13. The second-order valence-electron chi connectivity index (χ2n) is 3.18. The molecule has 0 N–H and O–H groups in total. The molecule has 0 aliphatic heterocycles. The number of hydrogen-bond donors (Lipinski definition) is 0. The van der Waals surface area contributed by atoms with Crippen LogP contribution in [0.1, 0.15) is 32.6 Å². The van der Waals surface area contributed by atoms with E-state index in [4.69, 9.17) is 4.74 Å². The van der Waals surface area contributed by atoms with Gasteiger partial charge in [-0.1, -0.05) is 0 Å². The van der Waals surface area contributed by atoms with E-state index in [1.165, 1.54) is 6.92 Å². The third kappa shape index (κ3) is 3.92. The summed E-state index contributed by atoms with van der Waals surface area (Å²) in [6.45, 7) is 1.01. The van der Waals surface area contributed by atoms with Crippen LogP contribution in [0.4, 0.5) is 0 Å². The maximum absolute atomic E-state index is 11.0. The highest BCUT2D eigenvalue weighted by molar-refractivity contribution is 5.75. The van der Waals surface area contributed by atoms with E-state index in [9.17, 15) is 9.59 Å². The van der Waals surface area contributed by atoms with E-state index in [2.05, 4.69) is 4.74 Å². The fourth-order valence-electron chi connectivity index (χ4n) is 1.39. The molecule has 0 bridgehead atoms. The van der Waals surface area contributed by atoms with Crippen LogP contribution in [0.3, 0.4) is 0 Å². The average Bonchev–Trinajstić information content (AvgIpc) is 2.53. The number of carbonyl (C=O) groups is 2. The van der Waals surface area contributed by atoms with Gasteiger partial charge in [-0.15, -0.1) is 0 Å². The van der Waals surface area contributed by atoms with E-state index in [0.29, 0.717) is 0 Å². The third-order valence-corrected chi connectivity index (χ3v) is 1.99. The molecule has 1 saturated carbocycles. The molecule has 0 radical (unpaired) electrons. The molecule has 0 saturated heterocycles. The van der Waals surface area contributed by atoms with Crippen LogP contribution in [0.2, 0.25) is 0 Å². The molecule has 1 aliphatic rings. The zero-order valence-electron chi connectivity index (χ0n) is 7.75. The Morgan fingerprint density at radius 3 is 2.46 bits per heavy atom. The first kappa shape index (κ1) is 10.0. The predicted octanol–water partition coefficient (Wildman–Crippen LogP) is 1.04. The largest absolute Gasteiger partial charge is 0.460 e. The Morgan fingerprint density at radius 2 is 1.92 bits per heavy atom. The zero-order valence-corrected chi connectivity index (χ0v) is 7.75. The molecule has 1 fully saturated rings. The van der Waals surface area contributed by atoms with Crippen molar-refractivity contribution in [3.05, 3.63) is 0 Å². The van der Waals surface area contributed by atoms with Crippen LogP contribution in [0.15, 0.2) is 0 Å². The summed E-state index contributed by atoms with van der Waals surface area (Å²) in [5.74, 6) is -0.898. The summed E-state index contributed by atoms with van der Waals surface area (Å²) in [6, 6.07) is 0. The quantitative estimate of drug-likeness (QED) is 0.618. The first-order valence-corrected chi connectivity index (χ1v) is 4.51. The molecule has 0 spiro atoms. The van der Waals surface area contributed by atoms with Gasteiger partial charge in [-0.05, 0) is 25.7 Å². The molecule has 0 aromatic carbocycles. The number of hydrogen-bond acceptors (Lipinski definition) is 4. The van der Waals surface area contributed by atoms with Crippen molar-refractivity contribution in [3.63, 3.8) is 0 Å². The first-order valence-electron chi connectivity index (χ1n) is 4.51. The topological polar surface area (TPSA) is 52.6 Å². The van der Waals surface area contributed by atoms with Gasteiger partial charge in [0.05, 0.1) is 0 Å². The van der Waals surface area contributed by atoms with Crippen LogP contribution < -0.4 is 0 Å². The third-order valence-electron chi connectivity index (χ3n) is 1.99. The smallest absolute Gasteiger partial charge is 0.344 e. The van der Waals surface area contributed by atoms with Crippen molar-refractivity contribution in [1.82, 2.24) is 0 Å². The highest BCUT2D eigenvalue weighted by atomic mass is 16.6. The van der Waals surface area contributed by atoms with Gasteiger partial charge in [0, 0.05) is 6.92 Å². The molecule has 0 aromatic rings. The van der Waals surface area contributed by atoms with Gasteiger partial charge < -0.3 is 9.47 Å². The fraction of sp³-hybridized carbons (Fsp3) is 0.778. The number of rotatable bonds is 3. The van der Waals surface area contributed by atoms with Gasteiger partial charge in [0.15, 0.2) is 6.61 Å². The summed E-state index contributed by atoms with van der Waals surface area (Å²) in [5.41, 5.74) is 0. The Labute approximate surface area is 77.2 Å². The number of esters is 2. The summed E-state index contributed by atoms with van der Waals surface area (Å²) < 4.78 is 9.55. The maximum atomic E-state index is 11.0. The second kappa shape index (κ2) is 4.84. The molecule has 0 amide bonds. The molecular weight excluding hydrogens is 172 g/mol. The van der Waals surface area contributed by atoms with Crippen molar-refractivity contribution >= 4 is 11.9 Å². The minimum absolute atomic E-state index is 0.0445. The van der Waals surface area contributed by atoms with E-state index in [-0.39, 0.29) is 12.7 Å². The normalized spacial score (nSPS) is 17.0. The maximum Gasteiger partial charge on any atom is 0.344 e. The molecular formula is C9H14O4. The van der Waals surface area contributed by atoms with Crippen LogP contribution in [0.25, 0.3) is 0 Å². The van der Waals surface area contributed by atoms with E-state index in [1.807, 2.05) is 0 Å². The van der Waals surface area contributed by atoms with Crippen molar-refractivity contribution in [1.29, 1.82) is 0 Å². The minimum Gasteiger partial charge on any atom is -0.460 e. The summed E-state index contributed by atoms with van der Waals surface area (Å²) in [6.07, 6.45) is 4.15. The summed E-state index contributed by atoms with van der Waals surface area (Å²) >= 11 is 0. The first-order chi connectivity index (χ1) is 6.18. The molecule has 0 heterocycles. The molecule has 74 valence electrons. The highest BCUT2D eigenvalue weighted by Crippen LogP contribution is 2.20. The minimum atomic E-state index is -0.455. The molecule has 13 heavy (non-hydrogen) atoms. The SMILES string of the molecule is CC(=O)OCC(=O)OC1CCCC1. The van der Waals surface area contributed by atoms with Crippen LogP contribution in [-0.4, -0.2) is 24.6 Å². The van der Waals surface area contributed by atoms with Gasteiger partial charge in [-0.25, -0.2) is 4.79 Å². The zero-order chi connectivity index (χ0) is 9.68. The second-order valence-corrected chi connectivity index (χ2v) is 3.18. The van der Waals surface area contributed by atoms with Gasteiger partial charge in [-0.2, -0.15) is 0 Å². The van der Waals surface area contributed by atoms with Crippen LogP contribution in [-0.2, 0) is 19.1 Å². The summed E-state index contributed by atoms with van der Waals surface area (Å²) in [4.78, 5) is 21.4. The predicted molar refractivity (Wildman–Crippen MR) is 45.0 cm³/mol. The van der Waals surface area contributed by atoms with Gasteiger partial charge in [0.2, 0.25) is 0 Å². The average molecular weight is 186 g/mol. The van der Waals surface area contributed by atoms with Gasteiger partial charge in [-0.3, -0.25) is 4.79 Å². The van der Waals surface area contributed by atoms with Crippen LogP contribution in [0, 0.1) is 0 Å². The highest BCUT2D eigenvalue weighted by Gasteiger charge is 2.19. The fourth-order valence-corrected chi connectivity index (χ4v) is 1.39. The van der Waals surface area contributed by atoms with Crippen molar-refractivity contribution in [2.45, 2.75) is 38.7 Å². The van der Waals surface area contributed by atoms with Crippen molar-refractivity contribution < 1.29 is 19.1 Å². The Kier molecular flexibility index (Phi) is 3.73. The van der Waals surface area contributed by atoms with Crippen molar-refractivity contribution in [2.75, 3.05) is 6.61 Å². The Morgan fingerprint density at radius 1 is 1.31 bits per heavy atom. The van der Waals surface area contributed by atoms with Gasteiger partial charge >= 0.3 is 11.9 Å².